The lowest BCUT2D eigenvalue weighted by atomic mass is 10.0. The molecule has 0 aliphatic heterocycles. The number of nitrogens with one attached hydrogen (secondary N) is 2. The van der Waals surface area contributed by atoms with Crippen LogP contribution in [0.4, 0.5) is 5.69 Å². The van der Waals surface area contributed by atoms with Gasteiger partial charge in [-0.25, -0.2) is 4.98 Å². The van der Waals surface area contributed by atoms with Crippen LogP contribution in [0.25, 0.3) is 11.3 Å². The molecule has 1 unspecified atom stereocenters. The number of nitrogens with zero attached hydrogens (tertiary/aromatic N) is 1. The number of carbonyl (C=O) groups excluding carboxylic acids is 1. The van der Waals surface area contributed by atoms with Crippen molar-refractivity contribution < 1.29 is 14.7 Å². The minimum atomic E-state index is -0.935. The smallest absolute Gasteiger partial charge is 0.305 e. The molecule has 1 aliphatic carbocycles. The molecular formula is C31H30ClN3O3S. The van der Waals surface area contributed by atoms with Crippen molar-refractivity contribution in [3.8, 4) is 11.3 Å². The quantitative estimate of drug-likeness (QED) is 0.206. The van der Waals surface area contributed by atoms with Gasteiger partial charge in [0.2, 0.25) is 0 Å². The van der Waals surface area contributed by atoms with Gasteiger partial charge >= 0.3 is 5.97 Å². The number of carbonyl (C=O) groups is 2. The normalized spacial score (nSPS) is 14.2. The number of hydrogen-bond acceptors (Lipinski definition) is 5. The van der Waals surface area contributed by atoms with Crippen LogP contribution in [-0.4, -0.2) is 28.5 Å². The average molecular weight is 560 g/mol. The molecule has 0 saturated carbocycles. The first kappa shape index (κ1) is 26.9. The molecule has 0 radical (unpaired) electrons. The van der Waals surface area contributed by atoms with Crippen LogP contribution in [0.2, 0.25) is 5.02 Å². The highest BCUT2D eigenvalue weighted by Gasteiger charge is 2.27. The summed E-state index contributed by atoms with van der Waals surface area (Å²) in [6.07, 6.45) is 1.98. The number of carboxylic acid groups (broad SMARTS) is 1. The van der Waals surface area contributed by atoms with Crippen molar-refractivity contribution in [2.24, 2.45) is 0 Å². The van der Waals surface area contributed by atoms with Crippen molar-refractivity contribution in [3.05, 3.63) is 103 Å². The predicted molar refractivity (Wildman–Crippen MR) is 157 cm³/mol. The van der Waals surface area contributed by atoms with Crippen LogP contribution in [0.3, 0.4) is 0 Å². The third-order valence-electron chi connectivity index (χ3n) is 7.11. The van der Waals surface area contributed by atoms with E-state index in [-0.39, 0.29) is 18.9 Å². The van der Waals surface area contributed by atoms with Crippen molar-refractivity contribution in [3.63, 3.8) is 0 Å². The van der Waals surface area contributed by atoms with E-state index in [4.69, 9.17) is 21.7 Å². The van der Waals surface area contributed by atoms with E-state index in [1.165, 1.54) is 16.0 Å². The largest absolute Gasteiger partial charge is 0.481 e. The van der Waals surface area contributed by atoms with Gasteiger partial charge in [-0.15, -0.1) is 11.3 Å². The molecule has 0 bridgehead atoms. The number of benzene rings is 3. The van der Waals surface area contributed by atoms with Crippen LogP contribution < -0.4 is 10.6 Å². The van der Waals surface area contributed by atoms with E-state index in [0.29, 0.717) is 18.0 Å². The van der Waals surface area contributed by atoms with Crippen molar-refractivity contribution >= 4 is 40.5 Å². The lowest BCUT2D eigenvalue weighted by Gasteiger charge is -2.12. The van der Waals surface area contributed by atoms with Gasteiger partial charge in [0.1, 0.15) is 5.01 Å². The molecule has 0 fully saturated rings. The highest BCUT2D eigenvalue weighted by Crippen LogP contribution is 2.43. The Morgan fingerprint density at radius 1 is 1.08 bits per heavy atom. The number of halogens is 1. The molecule has 1 atom stereocenters. The van der Waals surface area contributed by atoms with E-state index in [1.54, 1.807) is 23.5 Å². The summed E-state index contributed by atoms with van der Waals surface area (Å²) in [7, 11) is 0. The number of hydrogen-bond donors (Lipinski definition) is 3. The first-order chi connectivity index (χ1) is 18.8. The maximum absolute atomic E-state index is 12.1. The molecule has 8 heteroatoms. The summed E-state index contributed by atoms with van der Waals surface area (Å²) < 4.78 is 0. The van der Waals surface area contributed by atoms with Gasteiger partial charge in [-0.05, 0) is 79.3 Å². The Bertz CT molecular complexity index is 1530. The summed E-state index contributed by atoms with van der Waals surface area (Å²) in [6, 6.07) is 20.1. The first-order valence-electron chi connectivity index (χ1n) is 13.0. The second kappa shape index (κ2) is 11.6. The van der Waals surface area contributed by atoms with Crippen LogP contribution in [-0.2, 0) is 17.8 Å². The van der Waals surface area contributed by atoms with Gasteiger partial charge in [0.15, 0.2) is 0 Å². The summed E-state index contributed by atoms with van der Waals surface area (Å²) in [4.78, 5) is 29.0. The van der Waals surface area contributed by atoms with E-state index in [1.807, 2.05) is 31.2 Å². The summed E-state index contributed by atoms with van der Waals surface area (Å²) in [5.41, 5.74) is 8.48. The molecule has 0 spiro atoms. The summed E-state index contributed by atoms with van der Waals surface area (Å²) >= 11 is 8.15. The number of anilines is 1. The standard InChI is InChI=1S/C31H30ClN3O3S/c1-18-3-6-23(16-27(18)32)29-19(2)39-31(35-29)26-11-9-22-15-24(10-12-25(22)26)34-17-20-4-7-21(8-5-20)30(38)33-14-13-28(36)37/h3-8,10,12,15-16,26,34H,9,11,13-14,17H2,1-2H3,(H,33,38)(H,36,37). The van der Waals surface area contributed by atoms with Crippen LogP contribution in [0.5, 0.6) is 0 Å². The van der Waals surface area contributed by atoms with Gasteiger partial charge in [-0.1, -0.05) is 41.9 Å². The highest BCUT2D eigenvalue weighted by molar-refractivity contribution is 7.12. The number of carboxylic acids is 1. The Labute approximate surface area is 237 Å². The maximum atomic E-state index is 12.1. The third kappa shape index (κ3) is 6.15. The monoisotopic (exact) mass is 559 g/mol. The molecule has 0 saturated heterocycles. The fourth-order valence-electron chi connectivity index (χ4n) is 4.92. The zero-order valence-corrected chi connectivity index (χ0v) is 23.5. The fourth-order valence-corrected chi connectivity index (χ4v) is 6.20. The maximum Gasteiger partial charge on any atom is 0.305 e. The molecule has 3 N–H and O–H groups in total. The molecule has 6 nitrogen and oxygen atoms in total. The van der Waals surface area contributed by atoms with Crippen LogP contribution in [0, 0.1) is 13.8 Å². The van der Waals surface area contributed by atoms with Gasteiger partial charge in [0.05, 0.1) is 12.1 Å². The van der Waals surface area contributed by atoms with Gasteiger partial charge in [-0.3, -0.25) is 9.59 Å². The second-order valence-electron chi connectivity index (χ2n) is 9.88. The summed E-state index contributed by atoms with van der Waals surface area (Å²) in [5.74, 6) is -0.897. The Morgan fingerprint density at radius 2 is 1.87 bits per heavy atom. The Morgan fingerprint density at radius 3 is 2.62 bits per heavy atom. The number of amides is 1. The van der Waals surface area contributed by atoms with E-state index in [2.05, 4.69) is 41.8 Å². The van der Waals surface area contributed by atoms with Crippen LogP contribution in [0.15, 0.2) is 60.7 Å². The minimum absolute atomic E-state index is 0.0947. The molecule has 1 amide bonds. The van der Waals surface area contributed by atoms with Gasteiger partial charge in [0, 0.05) is 45.7 Å². The SMILES string of the molecule is Cc1ccc(-c2nc(C3CCc4cc(NCc5ccc(C(=O)NCCC(=O)O)cc5)ccc43)sc2C)cc1Cl. The first-order valence-corrected chi connectivity index (χ1v) is 14.2. The Hall–Kier alpha value is -3.68. The third-order valence-corrected chi connectivity index (χ3v) is 8.61. The Kier molecular flexibility index (Phi) is 8.00. The minimum Gasteiger partial charge on any atom is -0.481 e. The lowest BCUT2D eigenvalue weighted by Crippen LogP contribution is -2.25. The van der Waals surface area contributed by atoms with Crippen LogP contribution in [0.1, 0.15) is 61.3 Å². The predicted octanol–water partition coefficient (Wildman–Crippen LogP) is 6.98. The highest BCUT2D eigenvalue weighted by atomic mass is 35.5. The van der Waals surface area contributed by atoms with Gasteiger partial charge in [-0.2, -0.15) is 0 Å². The molecule has 200 valence electrons. The number of aromatic nitrogens is 1. The second-order valence-corrected chi connectivity index (χ2v) is 11.5. The Balaban J connectivity index is 1.22. The molecule has 39 heavy (non-hydrogen) atoms. The molecule has 5 rings (SSSR count). The number of fused-ring (bicyclic) bond motifs is 1. The zero-order valence-electron chi connectivity index (χ0n) is 21.9. The van der Waals surface area contributed by atoms with Crippen molar-refractivity contribution in [1.29, 1.82) is 0 Å². The van der Waals surface area contributed by atoms with Crippen LogP contribution >= 0.6 is 22.9 Å². The fraction of sp³-hybridized carbons (Fsp3) is 0.258. The molecule has 4 aromatic rings. The van der Waals surface area contributed by atoms with E-state index in [9.17, 15) is 9.59 Å². The number of aryl methyl sites for hydroxylation is 3. The zero-order chi connectivity index (χ0) is 27.5. The molecule has 1 heterocycles. The van der Waals surface area contributed by atoms with Gasteiger partial charge in [0.25, 0.3) is 5.91 Å². The van der Waals surface area contributed by atoms with Crippen molar-refractivity contribution in [1.82, 2.24) is 10.3 Å². The van der Waals surface area contributed by atoms with Crippen molar-refractivity contribution in [2.75, 3.05) is 11.9 Å². The number of rotatable bonds is 9. The molecular weight excluding hydrogens is 530 g/mol. The molecule has 1 aromatic heterocycles. The summed E-state index contributed by atoms with van der Waals surface area (Å²) in [5, 5.41) is 16.7. The van der Waals surface area contributed by atoms with Gasteiger partial charge < -0.3 is 15.7 Å². The van der Waals surface area contributed by atoms with E-state index in [0.717, 1.165) is 50.9 Å². The molecule has 1 aliphatic rings. The van der Waals surface area contributed by atoms with E-state index >= 15 is 0 Å². The van der Waals surface area contributed by atoms with Crippen molar-refractivity contribution in [2.45, 2.75) is 45.6 Å². The summed E-state index contributed by atoms with van der Waals surface area (Å²) in [6.45, 7) is 4.89. The number of thiazole rings is 1. The average Bonchev–Trinajstić information content (AvgIpc) is 3.52. The lowest BCUT2D eigenvalue weighted by molar-refractivity contribution is -0.136. The van der Waals surface area contributed by atoms with E-state index < -0.39 is 5.97 Å². The topological polar surface area (TPSA) is 91.3 Å². The number of aliphatic carboxylic acids is 1. The molecule has 3 aromatic carbocycles.